The molecule has 0 saturated carbocycles. The zero-order valence-electron chi connectivity index (χ0n) is 11.7. The number of ether oxygens (including phenoxy) is 1. The summed E-state index contributed by atoms with van der Waals surface area (Å²) in [5.41, 5.74) is 9.24. The van der Waals surface area contributed by atoms with E-state index in [-0.39, 0.29) is 30.0 Å². The van der Waals surface area contributed by atoms with Gasteiger partial charge < -0.3 is 4.74 Å². The molecule has 0 saturated heterocycles. The normalized spacial score (nSPS) is 10.6. The van der Waals surface area contributed by atoms with Gasteiger partial charge in [-0.1, -0.05) is 16.7 Å². The molecule has 0 unspecified atom stereocenters. The molecule has 0 atom stereocenters. The summed E-state index contributed by atoms with van der Waals surface area (Å²) in [5, 5.41) is 3.27. The smallest absolute Gasteiger partial charge is 0.340 e. The number of methoxy groups -OCH3 is 1. The van der Waals surface area contributed by atoms with E-state index < -0.39 is 16.0 Å². The van der Waals surface area contributed by atoms with Gasteiger partial charge >= 0.3 is 5.97 Å². The molecule has 0 bridgehead atoms. The van der Waals surface area contributed by atoms with Crippen molar-refractivity contribution < 1.29 is 17.9 Å². The van der Waals surface area contributed by atoms with Crippen molar-refractivity contribution in [1.82, 2.24) is 0 Å². The van der Waals surface area contributed by atoms with Crippen LogP contribution in [-0.2, 0) is 14.8 Å². The van der Waals surface area contributed by atoms with Crippen LogP contribution < -0.4 is 4.72 Å². The van der Waals surface area contributed by atoms with Gasteiger partial charge in [-0.15, -0.1) is 0 Å². The summed E-state index contributed by atoms with van der Waals surface area (Å²) in [7, 11) is -2.41. The van der Waals surface area contributed by atoms with Crippen molar-refractivity contribution in [1.29, 1.82) is 0 Å². The van der Waals surface area contributed by atoms with Crippen LogP contribution in [-0.4, -0.2) is 33.8 Å². The first-order chi connectivity index (χ1) is 9.89. The molecule has 0 heterocycles. The van der Waals surface area contributed by atoms with Gasteiger partial charge in [-0.2, -0.15) is 0 Å². The van der Waals surface area contributed by atoms with Crippen molar-refractivity contribution in [2.24, 2.45) is 5.11 Å². The SMILES string of the molecule is COC(=O)c1cc(C)ccc1NS(=O)(=O)CCCN=[N+]=[N-]. The number of sulfonamides is 1. The Kier molecular flexibility index (Phi) is 6.01. The molecule has 0 aliphatic rings. The highest BCUT2D eigenvalue weighted by atomic mass is 32.2. The van der Waals surface area contributed by atoms with Crippen molar-refractivity contribution in [3.8, 4) is 0 Å². The number of rotatable bonds is 7. The second kappa shape index (κ2) is 7.51. The molecule has 1 aromatic carbocycles. The number of nitrogens with zero attached hydrogens (tertiary/aromatic N) is 3. The van der Waals surface area contributed by atoms with E-state index >= 15 is 0 Å². The molecule has 21 heavy (non-hydrogen) atoms. The van der Waals surface area contributed by atoms with E-state index in [2.05, 4.69) is 19.5 Å². The van der Waals surface area contributed by atoms with Gasteiger partial charge in [0.2, 0.25) is 10.0 Å². The first-order valence-electron chi connectivity index (χ1n) is 6.10. The highest BCUT2D eigenvalue weighted by molar-refractivity contribution is 7.92. The minimum atomic E-state index is -3.63. The second-order valence-corrected chi connectivity index (χ2v) is 6.11. The van der Waals surface area contributed by atoms with Crippen LogP contribution in [0.2, 0.25) is 0 Å². The van der Waals surface area contributed by atoms with Crippen molar-refractivity contribution in [2.75, 3.05) is 24.1 Å². The number of anilines is 1. The van der Waals surface area contributed by atoms with Gasteiger partial charge in [0.25, 0.3) is 0 Å². The van der Waals surface area contributed by atoms with Crippen molar-refractivity contribution in [3.63, 3.8) is 0 Å². The number of hydrogen-bond acceptors (Lipinski definition) is 5. The van der Waals surface area contributed by atoms with Gasteiger partial charge in [0, 0.05) is 11.5 Å². The van der Waals surface area contributed by atoms with E-state index in [0.717, 1.165) is 5.56 Å². The summed E-state index contributed by atoms with van der Waals surface area (Å²) in [5.74, 6) is -0.828. The minimum Gasteiger partial charge on any atom is -0.465 e. The maximum Gasteiger partial charge on any atom is 0.340 e. The topological polar surface area (TPSA) is 121 Å². The quantitative estimate of drug-likeness (QED) is 0.273. The molecule has 0 fully saturated rings. The van der Waals surface area contributed by atoms with Gasteiger partial charge in [0.1, 0.15) is 0 Å². The summed E-state index contributed by atoms with van der Waals surface area (Å²) in [6.07, 6.45) is 0.193. The van der Waals surface area contributed by atoms with Crippen LogP contribution in [0.3, 0.4) is 0 Å². The molecule has 0 aliphatic carbocycles. The van der Waals surface area contributed by atoms with Gasteiger partial charge in [0.05, 0.1) is 24.1 Å². The summed E-state index contributed by atoms with van der Waals surface area (Å²) in [6, 6.07) is 4.74. The predicted molar refractivity (Wildman–Crippen MR) is 78.6 cm³/mol. The maximum atomic E-state index is 11.9. The Bertz CT molecular complexity index is 666. The Hall–Kier alpha value is -2.25. The average molecular weight is 312 g/mol. The summed E-state index contributed by atoms with van der Waals surface area (Å²) in [6.45, 7) is 1.87. The van der Waals surface area contributed by atoms with Crippen LogP contribution in [0, 0.1) is 6.92 Å². The number of nitrogens with one attached hydrogen (secondary N) is 1. The third-order valence-corrected chi connectivity index (χ3v) is 3.94. The molecule has 0 amide bonds. The maximum absolute atomic E-state index is 11.9. The molecule has 0 spiro atoms. The summed E-state index contributed by atoms with van der Waals surface area (Å²) < 4.78 is 30.8. The van der Waals surface area contributed by atoms with E-state index in [1.54, 1.807) is 19.1 Å². The number of carbonyl (C=O) groups excluding carboxylic acids is 1. The number of azide groups is 1. The fraction of sp³-hybridized carbons (Fsp3) is 0.417. The zero-order valence-corrected chi connectivity index (χ0v) is 12.6. The molecule has 8 nitrogen and oxygen atoms in total. The highest BCUT2D eigenvalue weighted by Crippen LogP contribution is 2.20. The molecule has 0 radical (unpaired) electrons. The summed E-state index contributed by atoms with van der Waals surface area (Å²) >= 11 is 0. The molecular formula is C12H16N4O4S. The van der Waals surface area contributed by atoms with Crippen LogP contribution >= 0.6 is 0 Å². The first-order valence-corrected chi connectivity index (χ1v) is 7.75. The van der Waals surface area contributed by atoms with Crippen LogP contribution in [0.1, 0.15) is 22.3 Å². The van der Waals surface area contributed by atoms with Crippen LogP contribution in [0.25, 0.3) is 10.4 Å². The lowest BCUT2D eigenvalue weighted by Crippen LogP contribution is -2.19. The van der Waals surface area contributed by atoms with Gasteiger partial charge in [-0.3, -0.25) is 4.72 Å². The Morgan fingerprint density at radius 1 is 1.48 bits per heavy atom. The molecule has 0 aliphatic heterocycles. The van der Waals surface area contributed by atoms with Crippen LogP contribution in [0.5, 0.6) is 0 Å². The zero-order chi connectivity index (χ0) is 15.9. The summed E-state index contributed by atoms with van der Waals surface area (Å²) in [4.78, 5) is 14.2. The Morgan fingerprint density at radius 2 is 2.19 bits per heavy atom. The number of esters is 1. The Labute approximate surface area is 122 Å². The third kappa shape index (κ3) is 5.33. The number of aryl methyl sites for hydroxylation is 1. The van der Waals surface area contributed by atoms with Crippen molar-refractivity contribution in [2.45, 2.75) is 13.3 Å². The molecular weight excluding hydrogens is 296 g/mol. The fourth-order valence-corrected chi connectivity index (χ4v) is 2.74. The predicted octanol–water partition coefficient (Wildman–Crippen LogP) is 2.22. The molecule has 1 rings (SSSR count). The molecule has 9 heteroatoms. The second-order valence-electron chi connectivity index (χ2n) is 4.27. The first kappa shape index (κ1) is 16.8. The van der Waals surface area contributed by atoms with Crippen LogP contribution in [0.4, 0.5) is 5.69 Å². The minimum absolute atomic E-state index is 0.0924. The van der Waals surface area contributed by atoms with Crippen LogP contribution in [0.15, 0.2) is 23.3 Å². The van der Waals surface area contributed by atoms with E-state index in [1.165, 1.54) is 13.2 Å². The van der Waals surface area contributed by atoms with Crippen molar-refractivity contribution >= 4 is 21.7 Å². The lowest BCUT2D eigenvalue weighted by atomic mass is 10.1. The average Bonchev–Trinajstić information content (AvgIpc) is 2.44. The lowest BCUT2D eigenvalue weighted by molar-refractivity contribution is 0.0602. The largest absolute Gasteiger partial charge is 0.465 e. The standard InChI is InChI=1S/C12H16N4O4S/c1-9-4-5-11(10(8-9)12(17)20-2)15-21(18,19)7-3-6-14-16-13/h4-5,8,15H,3,6-7H2,1-2H3. The number of carbonyl (C=O) groups is 1. The Balaban J connectivity index is 2.91. The van der Waals surface area contributed by atoms with Gasteiger partial charge in [-0.05, 0) is 31.0 Å². The highest BCUT2D eigenvalue weighted by Gasteiger charge is 2.17. The fourth-order valence-electron chi connectivity index (χ4n) is 1.61. The lowest BCUT2D eigenvalue weighted by Gasteiger charge is -2.12. The third-order valence-electron chi connectivity index (χ3n) is 2.58. The van der Waals surface area contributed by atoms with E-state index in [0.29, 0.717) is 0 Å². The van der Waals surface area contributed by atoms with Gasteiger partial charge in [-0.25, -0.2) is 13.2 Å². The molecule has 114 valence electrons. The van der Waals surface area contributed by atoms with E-state index in [1.807, 2.05) is 0 Å². The monoisotopic (exact) mass is 312 g/mol. The number of benzene rings is 1. The molecule has 1 N–H and O–H groups in total. The van der Waals surface area contributed by atoms with E-state index in [4.69, 9.17) is 5.53 Å². The van der Waals surface area contributed by atoms with E-state index in [9.17, 15) is 13.2 Å². The van der Waals surface area contributed by atoms with Crippen molar-refractivity contribution in [3.05, 3.63) is 39.8 Å². The molecule has 0 aromatic heterocycles. The van der Waals surface area contributed by atoms with Gasteiger partial charge in [0.15, 0.2) is 0 Å². The molecule has 1 aromatic rings. The number of hydrogen-bond donors (Lipinski definition) is 1. The Morgan fingerprint density at radius 3 is 2.81 bits per heavy atom.